The number of rotatable bonds is 21. The molecule has 2 saturated heterocycles. The van der Waals surface area contributed by atoms with Crippen LogP contribution < -0.4 is 60.2 Å². The zero-order valence-corrected chi connectivity index (χ0v) is 42.4. The Morgan fingerprint density at radius 2 is 1.11 bits per heavy atom. The first kappa shape index (κ1) is 61.7. The van der Waals surface area contributed by atoms with Gasteiger partial charge in [-0.15, -0.1) is 0 Å². The van der Waals surface area contributed by atoms with E-state index in [2.05, 4.69) is 57.1 Å². The summed E-state index contributed by atoms with van der Waals surface area (Å²) >= 11 is 0. The van der Waals surface area contributed by atoms with Crippen molar-refractivity contribution in [3.05, 3.63) is 42.0 Å². The molecule has 12 amide bonds. The van der Waals surface area contributed by atoms with Gasteiger partial charge in [0, 0.05) is 31.8 Å². The van der Waals surface area contributed by atoms with Crippen LogP contribution in [-0.2, 0) is 64.0 Å². The molecule has 0 aromatic heterocycles. The first-order valence-electron chi connectivity index (χ1n) is 25.1. The third-order valence-corrected chi connectivity index (χ3v) is 12.4. The molecular weight excluding hydrogens is 981 g/mol. The molecule has 17 N–H and O–H groups in total. The largest absolute Gasteiger partial charge is 0.508 e. The fourth-order valence-corrected chi connectivity index (χ4v) is 8.44. The van der Waals surface area contributed by atoms with Crippen LogP contribution in [0.1, 0.15) is 116 Å². The Kier molecular flexibility index (Phi) is 25.6. The number of phenols is 1. The van der Waals surface area contributed by atoms with Crippen molar-refractivity contribution in [2.75, 3.05) is 13.2 Å². The van der Waals surface area contributed by atoms with Crippen LogP contribution in [0.2, 0.25) is 0 Å². The van der Waals surface area contributed by atoms with Crippen LogP contribution in [0.3, 0.4) is 0 Å². The van der Waals surface area contributed by atoms with Crippen LogP contribution >= 0.6 is 0 Å². The number of allylic oxidation sites excluding steroid dienone is 2. The first-order valence-corrected chi connectivity index (χ1v) is 25.1. The third-order valence-electron chi connectivity index (χ3n) is 12.4. The highest BCUT2D eigenvalue weighted by molar-refractivity contribution is 6.00. The number of carbonyl (C=O) groups is 12. The first-order chi connectivity index (χ1) is 35.5. The molecule has 3 rings (SSSR count). The van der Waals surface area contributed by atoms with Gasteiger partial charge >= 0.3 is 0 Å². The van der Waals surface area contributed by atoms with Crippen molar-refractivity contribution in [3.63, 3.8) is 0 Å². The highest BCUT2D eigenvalue weighted by atomic mass is 16.3. The quantitative estimate of drug-likeness (QED) is 0.0421. The van der Waals surface area contributed by atoms with Crippen molar-refractivity contribution in [1.29, 1.82) is 0 Å². The van der Waals surface area contributed by atoms with E-state index < -0.39 is 164 Å². The van der Waals surface area contributed by atoms with Crippen molar-refractivity contribution >= 4 is 70.9 Å². The van der Waals surface area contributed by atoms with E-state index in [9.17, 15) is 67.7 Å². The van der Waals surface area contributed by atoms with Gasteiger partial charge < -0.3 is 75.3 Å². The van der Waals surface area contributed by atoms with Gasteiger partial charge in [0.25, 0.3) is 0 Å². The van der Waals surface area contributed by atoms with E-state index in [0.29, 0.717) is 30.7 Å². The SMILES string of the molecule is CC(C)CCC/C=C/CCCC[C@@H]1CC(=O)NC(CC(N)=O)C(=O)N[C@@H](Cc2ccc(O)cc2)C(=O)NC(CC(N)=O)C(=O)NC(CCC(N)=O)C(=O)N2CCC[C@H]2C(=O)NC(CC(N)=O)C(=O)N[C@H](CO)C(=O)N1. The minimum atomic E-state index is -1.86. The smallest absolute Gasteiger partial charge is 0.245 e. The molecule has 0 aliphatic carbocycles. The van der Waals surface area contributed by atoms with Crippen LogP contribution in [0.25, 0.3) is 0 Å². The lowest BCUT2D eigenvalue weighted by Gasteiger charge is -2.31. The topological polar surface area (TPSA) is 437 Å². The van der Waals surface area contributed by atoms with Gasteiger partial charge in [-0.2, -0.15) is 0 Å². The summed E-state index contributed by atoms with van der Waals surface area (Å²) in [6.45, 7) is 3.17. The van der Waals surface area contributed by atoms with Crippen molar-refractivity contribution in [1.82, 2.24) is 42.1 Å². The molecule has 8 atom stereocenters. The normalized spacial score (nSPS) is 24.1. The number of hydrogen-bond acceptors (Lipinski definition) is 14. The number of nitrogens with zero attached hydrogens (tertiary/aromatic N) is 1. The van der Waals surface area contributed by atoms with Gasteiger partial charge in [-0.1, -0.05) is 51.0 Å². The number of amides is 12. The lowest BCUT2D eigenvalue weighted by molar-refractivity contribution is -0.143. The zero-order chi connectivity index (χ0) is 55.8. The molecule has 0 radical (unpaired) electrons. The third kappa shape index (κ3) is 22.2. The van der Waals surface area contributed by atoms with Gasteiger partial charge in [0.15, 0.2) is 0 Å². The molecule has 2 aliphatic heterocycles. The summed E-state index contributed by atoms with van der Waals surface area (Å²) in [5, 5.41) is 37.2. The van der Waals surface area contributed by atoms with Gasteiger partial charge in [-0.05, 0) is 75.0 Å². The Hall–Kier alpha value is -7.64. The van der Waals surface area contributed by atoms with Gasteiger partial charge in [0.2, 0.25) is 70.9 Å². The minimum absolute atomic E-state index is 0.00100. The second kappa shape index (κ2) is 31.2. The van der Waals surface area contributed by atoms with E-state index in [-0.39, 0.29) is 38.0 Å². The number of fused-ring (bicyclic) bond motifs is 1. The number of benzene rings is 1. The molecule has 0 spiro atoms. The number of aliphatic hydroxyl groups is 1. The number of nitrogens with two attached hydrogens (primary N) is 4. The molecule has 414 valence electrons. The van der Waals surface area contributed by atoms with E-state index in [0.717, 1.165) is 24.2 Å². The monoisotopic (exact) mass is 1050 g/mol. The van der Waals surface area contributed by atoms with Gasteiger partial charge in [0.1, 0.15) is 48.0 Å². The standard InChI is InChI=1S/C49H74N12O14/c1-27(2)11-8-6-4-3-5-7-9-12-29-22-42(68)55-33(23-39(51)65)44(70)57-32(21-28-14-16-30(63)17-15-28)43(69)58-34(24-40(52)66)45(71)56-31(18-19-38(50)64)49(75)61-20-10-13-37(61)48(74)59-35(25-41(53)67)46(72)60-36(26-62)47(73)54-29/h3-4,14-17,27,29,31-37,62-63H,5-13,18-26H2,1-2H3,(H2,50,64)(H2,51,65)(H2,52,66)(H2,53,67)(H,54,73)(H,55,68)(H,56,71)(H,57,70)(H,58,69)(H,59,74)(H,60,72)/b4-3+/t29-,31?,32+,33?,34?,35?,36-,37+/m1/s1. The lowest BCUT2D eigenvalue weighted by atomic mass is 10.0. The Labute approximate surface area is 434 Å². The summed E-state index contributed by atoms with van der Waals surface area (Å²) in [4.78, 5) is 162. The van der Waals surface area contributed by atoms with Gasteiger partial charge in [-0.25, -0.2) is 0 Å². The Morgan fingerprint density at radius 3 is 1.65 bits per heavy atom. The number of phenolic OH excluding ortho intramolecular Hbond substituents is 1. The summed E-state index contributed by atoms with van der Waals surface area (Å²) in [6.07, 6.45) is 4.81. The molecule has 2 heterocycles. The Bertz CT molecular complexity index is 2240. The number of unbranched alkanes of at least 4 members (excludes halogenated alkanes) is 3. The van der Waals surface area contributed by atoms with Crippen LogP contribution in [0.15, 0.2) is 36.4 Å². The number of carbonyl (C=O) groups excluding carboxylic acids is 12. The molecule has 0 bridgehead atoms. The molecule has 2 aliphatic rings. The summed E-state index contributed by atoms with van der Waals surface area (Å²) < 4.78 is 0. The fraction of sp³-hybridized carbons (Fsp3) is 0.592. The number of hydrogen-bond donors (Lipinski definition) is 13. The van der Waals surface area contributed by atoms with E-state index in [4.69, 9.17) is 22.9 Å². The lowest BCUT2D eigenvalue weighted by Crippen LogP contribution is -2.60. The minimum Gasteiger partial charge on any atom is -0.508 e. The molecule has 26 heteroatoms. The number of aromatic hydroxyl groups is 1. The zero-order valence-electron chi connectivity index (χ0n) is 42.4. The van der Waals surface area contributed by atoms with Crippen molar-refractivity contribution in [3.8, 4) is 5.75 Å². The van der Waals surface area contributed by atoms with E-state index >= 15 is 0 Å². The molecule has 26 nitrogen and oxygen atoms in total. The number of nitrogens with one attached hydrogen (secondary N) is 7. The predicted molar refractivity (Wildman–Crippen MR) is 268 cm³/mol. The number of primary amides is 4. The average Bonchev–Trinajstić information content (AvgIpc) is 3.83. The van der Waals surface area contributed by atoms with Gasteiger partial charge in [0.05, 0.1) is 25.9 Å². The summed E-state index contributed by atoms with van der Waals surface area (Å²) in [6, 6.07) is -7.44. The number of aliphatic hydroxyl groups excluding tert-OH is 1. The second-order valence-corrected chi connectivity index (χ2v) is 19.2. The van der Waals surface area contributed by atoms with Crippen molar-refractivity contribution in [2.45, 2.75) is 165 Å². The van der Waals surface area contributed by atoms with Crippen LogP contribution in [0.4, 0.5) is 0 Å². The predicted octanol–water partition coefficient (Wildman–Crippen LogP) is -3.45. The maximum absolute atomic E-state index is 14.3. The van der Waals surface area contributed by atoms with Crippen molar-refractivity contribution < 1.29 is 67.7 Å². The van der Waals surface area contributed by atoms with E-state index in [1.165, 1.54) is 24.3 Å². The van der Waals surface area contributed by atoms with E-state index in [1.54, 1.807) is 0 Å². The van der Waals surface area contributed by atoms with Gasteiger partial charge in [-0.3, -0.25) is 57.5 Å². The summed E-state index contributed by atoms with van der Waals surface area (Å²) in [7, 11) is 0. The summed E-state index contributed by atoms with van der Waals surface area (Å²) in [5.41, 5.74) is 22.2. The molecule has 2 fully saturated rings. The van der Waals surface area contributed by atoms with Crippen LogP contribution in [0, 0.1) is 5.92 Å². The molecule has 4 unspecified atom stereocenters. The maximum Gasteiger partial charge on any atom is 0.245 e. The van der Waals surface area contributed by atoms with E-state index in [1.807, 2.05) is 6.08 Å². The van der Waals surface area contributed by atoms with Crippen molar-refractivity contribution in [2.24, 2.45) is 28.9 Å². The molecule has 0 saturated carbocycles. The summed E-state index contributed by atoms with van der Waals surface area (Å²) in [5.74, 6) is -12.1. The molecule has 1 aromatic rings. The fourth-order valence-electron chi connectivity index (χ4n) is 8.44. The van der Waals surface area contributed by atoms with Crippen LogP contribution in [0.5, 0.6) is 5.75 Å². The highest BCUT2D eigenvalue weighted by Gasteiger charge is 2.41. The molecule has 1 aromatic carbocycles. The van der Waals surface area contributed by atoms with Crippen LogP contribution in [-0.4, -0.2) is 147 Å². The Balaban J connectivity index is 2.13. The highest BCUT2D eigenvalue weighted by Crippen LogP contribution is 2.21. The Morgan fingerprint density at radius 1 is 0.613 bits per heavy atom. The second-order valence-electron chi connectivity index (χ2n) is 19.2. The molecular formula is C49H74N12O14. The maximum atomic E-state index is 14.3. The average molecular weight is 1060 g/mol. The molecule has 75 heavy (non-hydrogen) atoms.